The van der Waals surface area contributed by atoms with Gasteiger partial charge in [0.25, 0.3) is 0 Å². The largest absolute Gasteiger partial charge is 0.507 e. The number of benzene rings is 1. The van der Waals surface area contributed by atoms with Crippen molar-refractivity contribution in [2.24, 2.45) is 0 Å². The number of hydrogen-bond donors (Lipinski definition) is 2. The van der Waals surface area contributed by atoms with E-state index in [9.17, 15) is 10.2 Å². The number of aliphatic hydroxyl groups excluding tert-OH is 1. The highest BCUT2D eigenvalue weighted by Crippen LogP contribution is 2.30. The maximum absolute atomic E-state index is 9.84. The number of phenols is 1. The Balaban J connectivity index is 2.20. The van der Waals surface area contributed by atoms with Crippen molar-refractivity contribution in [1.29, 1.82) is 0 Å². The Labute approximate surface area is 102 Å². The summed E-state index contributed by atoms with van der Waals surface area (Å²) in [5.41, 5.74) is 3.01. The summed E-state index contributed by atoms with van der Waals surface area (Å²) in [6, 6.07) is 5.48. The molecule has 0 aromatic heterocycles. The van der Waals surface area contributed by atoms with Crippen molar-refractivity contribution in [3.63, 3.8) is 0 Å². The van der Waals surface area contributed by atoms with E-state index in [1.807, 2.05) is 6.07 Å². The van der Waals surface area contributed by atoms with E-state index >= 15 is 0 Å². The lowest BCUT2D eigenvalue weighted by atomic mass is 10.1. The van der Waals surface area contributed by atoms with E-state index < -0.39 is 6.10 Å². The molecule has 0 aliphatic carbocycles. The highest BCUT2D eigenvalue weighted by Gasteiger charge is 2.13. The van der Waals surface area contributed by atoms with Gasteiger partial charge in [-0.3, -0.25) is 0 Å². The summed E-state index contributed by atoms with van der Waals surface area (Å²) in [5, 5.41) is 19.3. The Morgan fingerprint density at radius 3 is 2.65 bits per heavy atom. The van der Waals surface area contributed by atoms with Crippen LogP contribution >= 0.6 is 0 Å². The van der Waals surface area contributed by atoms with E-state index in [1.54, 1.807) is 19.1 Å². The summed E-state index contributed by atoms with van der Waals surface area (Å²) in [6.45, 7) is 5.67. The first-order valence-corrected chi connectivity index (χ1v) is 5.99. The maximum atomic E-state index is 9.84. The van der Waals surface area contributed by atoms with E-state index in [0.717, 1.165) is 25.2 Å². The molecule has 0 spiro atoms. The molecule has 1 heterocycles. The average molecular weight is 233 g/mol. The first-order valence-electron chi connectivity index (χ1n) is 5.99. The number of rotatable bonds is 2. The van der Waals surface area contributed by atoms with Crippen molar-refractivity contribution in [2.45, 2.75) is 26.4 Å². The molecule has 0 bridgehead atoms. The van der Waals surface area contributed by atoms with Gasteiger partial charge in [0.15, 0.2) is 0 Å². The zero-order valence-electron chi connectivity index (χ0n) is 10.3. The number of phenolic OH excluding ortho intramolecular Hbond substituents is 1. The SMILES string of the molecule is CC1=CCN(c2ccc(C(C)O)c(O)c2)CC1. The maximum Gasteiger partial charge on any atom is 0.123 e. The molecular formula is C14H19NO2. The molecule has 1 aromatic rings. The van der Waals surface area contributed by atoms with Crippen LogP contribution in [-0.4, -0.2) is 23.3 Å². The Kier molecular flexibility index (Phi) is 3.38. The third-order valence-corrected chi connectivity index (χ3v) is 3.27. The lowest BCUT2D eigenvalue weighted by Crippen LogP contribution is -2.27. The summed E-state index contributed by atoms with van der Waals surface area (Å²) in [6.07, 6.45) is 2.65. The second-order valence-electron chi connectivity index (χ2n) is 4.67. The molecule has 0 fully saturated rings. The molecule has 0 saturated heterocycles. The predicted octanol–water partition coefficient (Wildman–Crippen LogP) is 2.60. The smallest absolute Gasteiger partial charge is 0.123 e. The van der Waals surface area contributed by atoms with Crippen molar-refractivity contribution in [2.75, 3.05) is 18.0 Å². The molecule has 0 saturated carbocycles. The fourth-order valence-corrected chi connectivity index (χ4v) is 2.09. The molecule has 1 unspecified atom stereocenters. The zero-order valence-corrected chi connectivity index (χ0v) is 10.3. The van der Waals surface area contributed by atoms with Gasteiger partial charge in [-0.15, -0.1) is 0 Å². The molecule has 3 heteroatoms. The van der Waals surface area contributed by atoms with Gasteiger partial charge < -0.3 is 15.1 Å². The summed E-state index contributed by atoms with van der Waals surface area (Å²) >= 11 is 0. The molecule has 3 nitrogen and oxygen atoms in total. The first-order chi connectivity index (χ1) is 8.08. The van der Waals surface area contributed by atoms with E-state index in [-0.39, 0.29) is 5.75 Å². The number of aliphatic hydroxyl groups is 1. The second kappa shape index (κ2) is 4.80. The lowest BCUT2D eigenvalue weighted by molar-refractivity contribution is 0.195. The number of anilines is 1. The number of aromatic hydroxyl groups is 1. The summed E-state index contributed by atoms with van der Waals surface area (Å²) < 4.78 is 0. The van der Waals surface area contributed by atoms with Gasteiger partial charge >= 0.3 is 0 Å². The normalized spacial score (nSPS) is 17.8. The van der Waals surface area contributed by atoms with E-state index in [1.165, 1.54) is 5.57 Å². The molecule has 1 atom stereocenters. The monoisotopic (exact) mass is 233 g/mol. The fourth-order valence-electron chi connectivity index (χ4n) is 2.09. The van der Waals surface area contributed by atoms with Crippen LogP contribution in [0.3, 0.4) is 0 Å². The van der Waals surface area contributed by atoms with Gasteiger partial charge in [-0.25, -0.2) is 0 Å². The fraction of sp³-hybridized carbons (Fsp3) is 0.429. The Morgan fingerprint density at radius 2 is 2.12 bits per heavy atom. The van der Waals surface area contributed by atoms with Crippen LogP contribution in [0, 0.1) is 0 Å². The second-order valence-corrected chi connectivity index (χ2v) is 4.67. The van der Waals surface area contributed by atoms with Crippen LogP contribution in [-0.2, 0) is 0 Å². The number of hydrogen-bond acceptors (Lipinski definition) is 3. The van der Waals surface area contributed by atoms with Crippen LogP contribution in [0.4, 0.5) is 5.69 Å². The van der Waals surface area contributed by atoms with Crippen LogP contribution in [0.25, 0.3) is 0 Å². The predicted molar refractivity (Wildman–Crippen MR) is 69.3 cm³/mol. The topological polar surface area (TPSA) is 43.7 Å². The molecule has 0 radical (unpaired) electrons. The van der Waals surface area contributed by atoms with Gasteiger partial charge in [0, 0.05) is 30.4 Å². The lowest BCUT2D eigenvalue weighted by Gasteiger charge is -2.28. The van der Waals surface area contributed by atoms with E-state index in [2.05, 4.69) is 17.9 Å². The summed E-state index contributed by atoms with van der Waals surface area (Å²) in [4.78, 5) is 2.22. The van der Waals surface area contributed by atoms with Crippen LogP contribution < -0.4 is 4.90 Å². The zero-order chi connectivity index (χ0) is 12.4. The molecule has 0 amide bonds. The minimum Gasteiger partial charge on any atom is -0.507 e. The molecule has 1 aliphatic heterocycles. The van der Waals surface area contributed by atoms with Crippen molar-refractivity contribution in [1.82, 2.24) is 0 Å². The standard InChI is InChI=1S/C14H19NO2/c1-10-5-7-15(8-6-10)12-3-4-13(11(2)16)14(17)9-12/h3-5,9,11,16-17H,6-8H2,1-2H3. The third-order valence-electron chi connectivity index (χ3n) is 3.27. The van der Waals surface area contributed by atoms with Crippen LogP contribution in [0.5, 0.6) is 5.75 Å². The molecule has 92 valence electrons. The molecule has 17 heavy (non-hydrogen) atoms. The van der Waals surface area contributed by atoms with Gasteiger partial charge in [-0.2, -0.15) is 0 Å². The van der Waals surface area contributed by atoms with Gasteiger partial charge in [0.2, 0.25) is 0 Å². The molecule has 1 aromatic carbocycles. The molecule has 2 N–H and O–H groups in total. The summed E-state index contributed by atoms with van der Waals surface area (Å²) in [7, 11) is 0. The summed E-state index contributed by atoms with van der Waals surface area (Å²) in [5.74, 6) is 0.170. The molecule has 2 rings (SSSR count). The van der Waals surface area contributed by atoms with Gasteiger partial charge in [-0.05, 0) is 26.3 Å². The van der Waals surface area contributed by atoms with Crippen molar-refractivity contribution in [3.8, 4) is 5.75 Å². The minimum atomic E-state index is -0.632. The van der Waals surface area contributed by atoms with Crippen molar-refractivity contribution in [3.05, 3.63) is 35.4 Å². The third kappa shape index (κ3) is 2.61. The first kappa shape index (κ1) is 12.0. The van der Waals surface area contributed by atoms with Crippen molar-refractivity contribution >= 4 is 5.69 Å². The Morgan fingerprint density at radius 1 is 1.35 bits per heavy atom. The average Bonchev–Trinajstić information content (AvgIpc) is 2.29. The molecule has 1 aliphatic rings. The van der Waals surface area contributed by atoms with E-state index in [4.69, 9.17) is 0 Å². The number of nitrogens with zero attached hydrogens (tertiary/aromatic N) is 1. The highest BCUT2D eigenvalue weighted by molar-refractivity contribution is 5.54. The highest BCUT2D eigenvalue weighted by atomic mass is 16.3. The van der Waals surface area contributed by atoms with Crippen LogP contribution in [0.2, 0.25) is 0 Å². The van der Waals surface area contributed by atoms with Crippen molar-refractivity contribution < 1.29 is 10.2 Å². The van der Waals surface area contributed by atoms with Gasteiger partial charge in [-0.1, -0.05) is 17.7 Å². The minimum absolute atomic E-state index is 0.170. The quantitative estimate of drug-likeness (QED) is 0.772. The Bertz CT molecular complexity index is 438. The van der Waals surface area contributed by atoms with Crippen LogP contribution in [0.15, 0.2) is 29.8 Å². The van der Waals surface area contributed by atoms with Gasteiger partial charge in [0.1, 0.15) is 5.75 Å². The van der Waals surface area contributed by atoms with Gasteiger partial charge in [0.05, 0.1) is 6.10 Å². The Hall–Kier alpha value is -1.48. The van der Waals surface area contributed by atoms with E-state index in [0.29, 0.717) is 5.56 Å². The molecular weight excluding hydrogens is 214 g/mol. The van der Waals surface area contributed by atoms with Crippen LogP contribution in [0.1, 0.15) is 31.9 Å².